The summed E-state index contributed by atoms with van der Waals surface area (Å²) in [5, 5.41) is 0. The van der Waals surface area contributed by atoms with Crippen LogP contribution in [-0.2, 0) is 4.74 Å². The molecule has 0 radical (unpaired) electrons. The number of imidazole rings is 1. The second-order valence-electron chi connectivity index (χ2n) is 5.97. The van der Waals surface area contributed by atoms with Crippen LogP contribution in [0.4, 0.5) is 0 Å². The Morgan fingerprint density at radius 2 is 2.10 bits per heavy atom. The van der Waals surface area contributed by atoms with Gasteiger partial charge in [0.05, 0.1) is 29.5 Å². The zero-order valence-corrected chi connectivity index (χ0v) is 13.1. The zero-order chi connectivity index (χ0) is 13.9. The van der Waals surface area contributed by atoms with Crippen LogP contribution in [0.25, 0.3) is 5.65 Å². The third-order valence-corrected chi connectivity index (χ3v) is 4.78. The standard InChI is InChI=1S/C15H17BrN2O2/c1-8(2)20-13-3-14-17-12(5-18(14)4-11(13)16)15-9-6-19-7-10(9)15/h3-5,8-10,15H,6-7H2,1-2H3. The van der Waals surface area contributed by atoms with Crippen LogP contribution in [0.15, 0.2) is 22.9 Å². The number of ether oxygens (including phenoxy) is 2. The highest BCUT2D eigenvalue weighted by molar-refractivity contribution is 9.10. The molecule has 106 valence electrons. The van der Waals surface area contributed by atoms with Crippen LogP contribution < -0.4 is 4.74 Å². The Kier molecular flexibility index (Phi) is 2.82. The van der Waals surface area contributed by atoms with E-state index in [-0.39, 0.29) is 6.10 Å². The third kappa shape index (κ3) is 1.95. The summed E-state index contributed by atoms with van der Waals surface area (Å²) in [5.74, 6) is 2.82. The molecule has 2 aliphatic rings. The van der Waals surface area contributed by atoms with Gasteiger partial charge < -0.3 is 13.9 Å². The topological polar surface area (TPSA) is 35.8 Å². The van der Waals surface area contributed by atoms with E-state index in [0.717, 1.165) is 29.1 Å². The largest absolute Gasteiger partial charge is 0.490 e. The van der Waals surface area contributed by atoms with Gasteiger partial charge in [-0.3, -0.25) is 0 Å². The Morgan fingerprint density at radius 1 is 1.35 bits per heavy atom. The second-order valence-corrected chi connectivity index (χ2v) is 6.83. The first kappa shape index (κ1) is 12.7. The lowest BCUT2D eigenvalue weighted by molar-refractivity contribution is 0.160. The zero-order valence-electron chi connectivity index (χ0n) is 11.5. The highest BCUT2D eigenvalue weighted by atomic mass is 79.9. The minimum Gasteiger partial charge on any atom is -0.490 e. The highest BCUT2D eigenvalue weighted by Gasteiger charge is 2.55. The fourth-order valence-corrected chi connectivity index (χ4v) is 3.62. The Bertz CT molecular complexity index is 657. The average Bonchev–Trinajstić information content (AvgIpc) is 2.76. The Morgan fingerprint density at radius 3 is 2.80 bits per heavy atom. The van der Waals surface area contributed by atoms with E-state index in [1.807, 2.05) is 26.1 Å². The van der Waals surface area contributed by atoms with Gasteiger partial charge in [-0.15, -0.1) is 0 Å². The molecule has 0 amide bonds. The normalized spacial score (nSPS) is 28.1. The fourth-order valence-electron chi connectivity index (χ4n) is 3.19. The van der Waals surface area contributed by atoms with Crippen molar-refractivity contribution in [2.75, 3.05) is 13.2 Å². The number of rotatable bonds is 3. The second kappa shape index (κ2) is 4.46. The summed E-state index contributed by atoms with van der Waals surface area (Å²) in [5.41, 5.74) is 2.14. The first-order valence-electron chi connectivity index (χ1n) is 7.06. The maximum absolute atomic E-state index is 5.79. The SMILES string of the molecule is CC(C)Oc1cc2nc(C3C4COCC43)cn2cc1Br. The summed E-state index contributed by atoms with van der Waals surface area (Å²) in [6, 6.07) is 2.00. The molecular weight excluding hydrogens is 320 g/mol. The van der Waals surface area contributed by atoms with E-state index in [1.54, 1.807) is 0 Å². The molecule has 2 fully saturated rings. The summed E-state index contributed by atoms with van der Waals surface area (Å²) >= 11 is 3.56. The van der Waals surface area contributed by atoms with E-state index in [4.69, 9.17) is 14.5 Å². The summed E-state index contributed by atoms with van der Waals surface area (Å²) in [6.45, 7) is 5.85. The summed E-state index contributed by atoms with van der Waals surface area (Å²) < 4.78 is 14.3. The maximum Gasteiger partial charge on any atom is 0.140 e. The lowest BCUT2D eigenvalue weighted by atomic mass is 10.2. The van der Waals surface area contributed by atoms with Crippen molar-refractivity contribution in [3.63, 3.8) is 0 Å². The van der Waals surface area contributed by atoms with E-state index in [2.05, 4.69) is 26.5 Å². The third-order valence-electron chi connectivity index (χ3n) is 4.18. The number of fused-ring (bicyclic) bond motifs is 2. The first-order valence-corrected chi connectivity index (χ1v) is 7.85. The molecular formula is C15H17BrN2O2. The lowest BCUT2D eigenvalue weighted by Gasteiger charge is -2.11. The average molecular weight is 337 g/mol. The van der Waals surface area contributed by atoms with Crippen molar-refractivity contribution in [1.82, 2.24) is 9.38 Å². The smallest absolute Gasteiger partial charge is 0.140 e. The lowest BCUT2D eigenvalue weighted by Crippen LogP contribution is -2.06. The van der Waals surface area contributed by atoms with Crippen LogP contribution in [0.2, 0.25) is 0 Å². The summed E-state index contributed by atoms with van der Waals surface area (Å²) in [4.78, 5) is 4.77. The molecule has 5 heteroatoms. The number of aromatic nitrogens is 2. The monoisotopic (exact) mass is 336 g/mol. The molecule has 2 unspecified atom stereocenters. The molecule has 0 bridgehead atoms. The predicted molar refractivity (Wildman–Crippen MR) is 79.2 cm³/mol. The van der Waals surface area contributed by atoms with Crippen molar-refractivity contribution in [3.8, 4) is 5.75 Å². The number of halogens is 1. The van der Waals surface area contributed by atoms with E-state index in [0.29, 0.717) is 17.8 Å². The first-order chi connectivity index (χ1) is 9.63. The fraction of sp³-hybridized carbons (Fsp3) is 0.533. The number of pyridine rings is 1. The molecule has 2 atom stereocenters. The van der Waals surface area contributed by atoms with Gasteiger partial charge in [-0.1, -0.05) is 0 Å². The minimum absolute atomic E-state index is 0.156. The van der Waals surface area contributed by atoms with Crippen molar-refractivity contribution in [3.05, 3.63) is 28.6 Å². The van der Waals surface area contributed by atoms with Gasteiger partial charge in [-0.2, -0.15) is 0 Å². The minimum atomic E-state index is 0.156. The molecule has 4 rings (SSSR count). The van der Waals surface area contributed by atoms with Crippen molar-refractivity contribution < 1.29 is 9.47 Å². The van der Waals surface area contributed by atoms with Crippen molar-refractivity contribution in [2.45, 2.75) is 25.9 Å². The van der Waals surface area contributed by atoms with E-state index < -0.39 is 0 Å². The predicted octanol–water partition coefficient (Wildman–Crippen LogP) is 3.24. The molecule has 2 aromatic heterocycles. The van der Waals surface area contributed by atoms with Gasteiger partial charge in [0.25, 0.3) is 0 Å². The van der Waals surface area contributed by atoms with Gasteiger partial charge in [0, 0.05) is 24.4 Å². The highest BCUT2D eigenvalue weighted by Crippen LogP contribution is 2.57. The van der Waals surface area contributed by atoms with E-state index in [1.165, 1.54) is 5.69 Å². The molecule has 0 spiro atoms. The molecule has 2 aromatic rings. The quantitative estimate of drug-likeness (QED) is 0.863. The Labute approximate surface area is 126 Å². The molecule has 1 aliphatic heterocycles. The van der Waals surface area contributed by atoms with Crippen molar-refractivity contribution in [2.24, 2.45) is 11.8 Å². The van der Waals surface area contributed by atoms with Crippen molar-refractivity contribution in [1.29, 1.82) is 0 Å². The molecule has 1 saturated carbocycles. The Hall–Kier alpha value is -1.07. The molecule has 0 N–H and O–H groups in total. The summed E-state index contributed by atoms with van der Waals surface area (Å²) in [6.07, 6.45) is 4.32. The van der Waals surface area contributed by atoms with Crippen LogP contribution in [0.1, 0.15) is 25.5 Å². The maximum atomic E-state index is 5.79. The van der Waals surface area contributed by atoms with E-state index >= 15 is 0 Å². The number of nitrogens with zero attached hydrogens (tertiary/aromatic N) is 2. The van der Waals surface area contributed by atoms with Gasteiger partial charge in [0.1, 0.15) is 11.4 Å². The van der Waals surface area contributed by atoms with Crippen LogP contribution in [-0.4, -0.2) is 28.7 Å². The van der Waals surface area contributed by atoms with Crippen LogP contribution in [0.3, 0.4) is 0 Å². The molecule has 4 nitrogen and oxygen atoms in total. The van der Waals surface area contributed by atoms with Gasteiger partial charge in [-0.05, 0) is 41.6 Å². The molecule has 3 heterocycles. The van der Waals surface area contributed by atoms with Crippen LogP contribution in [0.5, 0.6) is 5.75 Å². The van der Waals surface area contributed by atoms with Gasteiger partial charge in [0.15, 0.2) is 0 Å². The molecule has 20 heavy (non-hydrogen) atoms. The van der Waals surface area contributed by atoms with Crippen molar-refractivity contribution >= 4 is 21.6 Å². The summed E-state index contributed by atoms with van der Waals surface area (Å²) in [7, 11) is 0. The molecule has 0 aromatic carbocycles. The van der Waals surface area contributed by atoms with Gasteiger partial charge in [-0.25, -0.2) is 4.98 Å². The Balaban J connectivity index is 1.69. The van der Waals surface area contributed by atoms with Gasteiger partial charge >= 0.3 is 0 Å². The van der Waals surface area contributed by atoms with Crippen LogP contribution >= 0.6 is 15.9 Å². The molecule has 1 aliphatic carbocycles. The molecule has 1 saturated heterocycles. The number of hydrogen-bond donors (Lipinski definition) is 0. The number of hydrogen-bond acceptors (Lipinski definition) is 3. The van der Waals surface area contributed by atoms with E-state index in [9.17, 15) is 0 Å². The van der Waals surface area contributed by atoms with Gasteiger partial charge in [0.2, 0.25) is 0 Å². The van der Waals surface area contributed by atoms with Crippen LogP contribution in [0, 0.1) is 11.8 Å².